The summed E-state index contributed by atoms with van der Waals surface area (Å²) in [6.07, 6.45) is 0.284. The Bertz CT molecular complexity index is 741. The quantitative estimate of drug-likeness (QED) is 0.829. The van der Waals surface area contributed by atoms with E-state index in [0.717, 1.165) is 16.7 Å². The van der Waals surface area contributed by atoms with Gasteiger partial charge in [-0.15, -0.1) is 0 Å². The number of hydrogen-bond acceptors (Lipinski definition) is 2. The molecule has 2 aromatic rings. The Hall–Kier alpha value is -2.62. The largest absolute Gasteiger partial charge is 0.352 e. The molecule has 26 heavy (non-hydrogen) atoms. The summed E-state index contributed by atoms with van der Waals surface area (Å²) in [5, 5.41) is 2.91. The highest BCUT2D eigenvalue weighted by atomic mass is 16.2. The lowest BCUT2D eigenvalue weighted by Crippen LogP contribution is -2.49. The third kappa shape index (κ3) is 5.73. The van der Waals surface area contributed by atoms with Crippen molar-refractivity contribution in [3.05, 3.63) is 71.3 Å². The minimum absolute atomic E-state index is 0.0370. The van der Waals surface area contributed by atoms with Gasteiger partial charge in [-0.2, -0.15) is 0 Å². The van der Waals surface area contributed by atoms with Crippen molar-refractivity contribution in [2.24, 2.45) is 0 Å². The molecular formula is C22H28N2O2. The van der Waals surface area contributed by atoms with E-state index < -0.39 is 6.04 Å². The molecule has 0 bridgehead atoms. The second kappa shape index (κ2) is 9.18. The van der Waals surface area contributed by atoms with E-state index in [2.05, 4.69) is 11.4 Å². The molecule has 2 amide bonds. The fourth-order valence-corrected chi connectivity index (χ4v) is 2.87. The fraction of sp³-hybridized carbons (Fsp3) is 0.364. The minimum atomic E-state index is -0.533. The fourth-order valence-electron chi connectivity index (χ4n) is 2.87. The minimum Gasteiger partial charge on any atom is -0.352 e. The first kappa shape index (κ1) is 19.7. The van der Waals surface area contributed by atoms with Crippen molar-refractivity contribution in [1.29, 1.82) is 0 Å². The Kier molecular flexibility index (Phi) is 6.96. The lowest BCUT2D eigenvalue weighted by molar-refractivity contribution is -0.140. The van der Waals surface area contributed by atoms with Gasteiger partial charge in [0.2, 0.25) is 11.8 Å². The van der Waals surface area contributed by atoms with Crippen molar-refractivity contribution in [3.8, 4) is 0 Å². The van der Waals surface area contributed by atoms with E-state index in [4.69, 9.17) is 0 Å². The van der Waals surface area contributed by atoms with Crippen molar-refractivity contribution in [2.45, 2.75) is 52.7 Å². The average Bonchev–Trinajstić information content (AvgIpc) is 2.59. The van der Waals surface area contributed by atoms with E-state index in [1.54, 1.807) is 11.8 Å². The average molecular weight is 352 g/mol. The summed E-state index contributed by atoms with van der Waals surface area (Å²) in [6, 6.07) is 17.2. The molecule has 2 rings (SSSR count). The Balaban J connectivity index is 2.22. The number of aryl methyl sites for hydroxylation is 1. The molecule has 1 unspecified atom stereocenters. The predicted octanol–water partition coefficient (Wildman–Crippen LogP) is 3.48. The highest BCUT2D eigenvalue weighted by Gasteiger charge is 2.26. The van der Waals surface area contributed by atoms with Crippen LogP contribution in [0.2, 0.25) is 0 Å². The van der Waals surface area contributed by atoms with E-state index in [0.29, 0.717) is 6.54 Å². The summed E-state index contributed by atoms with van der Waals surface area (Å²) >= 11 is 0. The van der Waals surface area contributed by atoms with Crippen molar-refractivity contribution < 1.29 is 9.59 Å². The number of nitrogens with zero attached hydrogens (tertiary/aromatic N) is 1. The highest BCUT2D eigenvalue weighted by molar-refractivity contribution is 5.88. The summed E-state index contributed by atoms with van der Waals surface area (Å²) in [7, 11) is 0. The molecule has 0 aromatic heterocycles. The molecule has 0 radical (unpaired) electrons. The molecule has 1 N–H and O–H groups in total. The van der Waals surface area contributed by atoms with Gasteiger partial charge >= 0.3 is 0 Å². The Morgan fingerprint density at radius 1 is 0.962 bits per heavy atom. The summed E-state index contributed by atoms with van der Waals surface area (Å²) < 4.78 is 0. The molecule has 0 saturated carbocycles. The number of carbonyl (C=O) groups is 2. The van der Waals surface area contributed by atoms with Crippen molar-refractivity contribution >= 4 is 11.8 Å². The van der Waals surface area contributed by atoms with Gasteiger partial charge in [-0.05, 0) is 38.8 Å². The Labute approximate surface area is 156 Å². The van der Waals surface area contributed by atoms with Crippen LogP contribution in [-0.4, -0.2) is 28.8 Å². The molecule has 0 saturated heterocycles. The first-order valence-corrected chi connectivity index (χ1v) is 9.06. The smallest absolute Gasteiger partial charge is 0.242 e. The van der Waals surface area contributed by atoms with E-state index in [-0.39, 0.29) is 24.3 Å². The van der Waals surface area contributed by atoms with Crippen LogP contribution in [0.1, 0.15) is 37.5 Å². The summed E-state index contributed by atoms with van der Waals surface area (Å²) in [5.74, 6) is -0.182. The Morgan fingerprint density at radius 2 is 1.62 bits per heavy atom. The van der Waals surface area contributed by atoms with Crippen molar-refractivity contribution in [2.75, 3.05) is 0 Å². The van der Waals surface area contributed by atoms with E-state index >= 15 is 0 Å². The zero-order chi connectivity index (χ0) is 19.1. The lowest BCUT2D eigenvalue weighted by atomic mass is 10.1. The van der Waals surface area contributed by atoms with Crippen LogP contribution in [-0.2, 0) is 22.6 Å². The molecule has 0 aliphatic heterocycles. The maximum atomic E-state index is 13.0. The highest BCUT2D eigenvalue weighted by Crippen LogP contribution is 2.14. The number of rotatable bonds is 7. The number of carbonyl (C=O) groups excluding carboxylic acids is 2. The third-order valence-electron chi connectivity index (χ3n) is 4.23. The van der Waals surface area contributed by atoms with Gasteiger partial charge in [0.05, 0.1) is 6.42 Å². The number of hydrogen-bond donors (Lipinski definition) is 1. The second-order valence-electron chi connectivity index (χ2n) is 7.01. The van der Waals surface area contributed by atoms with Gasteiger partial charge in [0.25, 0.3) is 0 Å². The summed E-state index contributed by atoms with van der Waals surface area (Å²) in [6.45, 7) is 8.06. The van der Waals surface area contributed by atoms with E-state index in [9.17, 15) is 9.59 Å². The molecule has 4 heteroatoms. The van der Waals surface area contributed by atoms with Gasteiger partial charge in [0.15, 0.2) is 0 Å². The van der Waals surface area contributed by atoms with Crippen molar-refractivity contribution in [3.63, 3.8) is 0 Å². The van der Waals surface area contributed by atoms with Crippen LogP contribution in [0.15, 0.2) is 54.6 Å². The van der Waals surface area contributed by atoms with Gasteiger partial charge in [0, 0.05) is 12.6 Å². The molecule has 1 atom stereocenters. The molecule has 2 aromatic carbocycles. The normalized spacial score (nSPS) is 11.9. The van der Waals surface area contributed by atoms with Crippen molar-refractivity contribution in [1.82, 2.24) is 10.2 Å². The predicted molar refractivity (Wildman–Crippen MR) is 105 cm³/mol. The van der Waals surface area contributed by atoms with Crippen LogP contribution < -0.4 is 5.32 Å². The summed E-state index contributed by atoms with van der Waals surface area (Å²) in [5.41, 5.74) is 3.11. The van der Waals surface area contributed by atoms with E-state index in [1.807, 2.05) is 69.3 Å². The van der Waals surface area contributed by atoms with E-state index in [1.165, 1.54) is 0 Å². The SMILES string of the molecule is Cc1cccc(CN(C(=O)Cc2ccccc2)C(C)C(=O)NC(C)C)c1. The maximum Gasteiger partial charge on any atom is 0.242 e. The van der Waals surface area contributed by atoms with Crippen LogP contribution in [0.4, 0.5) is 0 Å². The van der Waals surface area contributed by atoms with Crippen LogP contribution in [0.25, 0.3) is 0 Å². The van der Waals surface area contributed by atoms with Gasteiger partial charge in [-0.3, -0.25) is 9.59 Å². The zero-order valence-corrected chi connectivity index (χ0v) is 16.0. The summed E-state index contributed by atoms with van der Waals surface area (Å²) in [4.78, 5) is 27.1. The van der Waals surface area contributed by atoms with Crippen LogP contribution in [0.5, 0.6) is 0 Å². The second-order valence-corrected chi connectivity index (χ2v) is 7.01. The Morgan fingerprint density at radius 3 is 2.23 bits per heavy atom. The van der Waals surface area contributed by atoms with Gasteiger partial charge in [0.1, 0.15) is 6.04 Å². The first-order chi connectivity index (χ1) is 12.4. The monoisotopic (exact) mass is 352 g/mol. The molecule has 0 heterocycles. The van der Waals surface area contributed by atoms with Gasteiger partial charge < -0.3 is 10.2 Å². The molecular weight excluding hydrogens is 324 g/mol. The molecule has 0 fully saturated rings. The van der Waals surface area contributed by atoms with Crippen LogP contribution in [0, 0.1) is 6.92 Å². The molecule has 138 valence electrons. The number of benzene rings is 2. The maximum absolute atomic E-state index is 13.0. The molecule has 4 nitrogen and oxygen atoms in total. The zero-order valence-electron chi connectivity index (χ0n) is 16.0. The van der Waals surface area contributed by atoms with Gasteiger partial charge in [-0.25, -0.2) is 0 Å². The first-order valence-electron chi connectivity index (χ1n) is 9.06. The van der Waals surface area contributed by atoms with Crippen LogP contribution >= 0.6 is 0 Å². The van der Waals surface area contributed by atoms with Gasteiger partial charge in [-0.1, -0.05) is 60.2 Å². The molecule has 0 aliphatic carbocycles. The lowest BCUT2D eigenvalue weighted by Gasteiger charge is -2.29. The molecule has 0 aliphatic rings. The third-order valence-corrected chi connectivity index (χ3v) is 4.23. The number of nitrogens with one attached hydrogen (secondary N) is 1. The molecule has 0 spiro atoms. The topological polar surface area (TPSA) is 49.4 Å². The van der Waals surface area contributed by atoms with Crippen LogP contribution in [0.3, 0.4) is 0 Å². The standard InChI is InChI=1S/C22H28N2O2/c1-16(2)23-22(26)18(4)24(15-20-12-8-9-17(3)13-20)21(25)14-19-10-6-5-7-11-19/h5-13,16,18H,14-15H2,1-4H3,(H,23,26). The number of amides is 2.